The van der Waals surface area contributed by atoms with E-state index in [0.29, 0.717) is 138 Å². The molecule has 14 nitrogen and oxygen atoms in total. The maximum atomic E-state index is 11.9. The van der Waals surface area contributed by atoms with E-state index < -0.39 is 11.8 Å². The van der Waals surface area contributed by atoms with Crippen LogP contribution >= 0.6 is 0 Å². The molecule has 1 rings (SSSR count). The SMILES string of the molecule is CCCCCCCOCCOCCOCCOCCOCCOCCOCCOCCOCCOCCOCCOC(=O)C(=O)c1ccccc1. The quantitative estimate of drug-likeness (QED) is 0.0419. The Morgan fingerprint density at radius 2 is 0.667 bits per heavy atom. The second kappa shape index (κ2) is 39.1. The lowest BCUT2D eigenvalue weighted by atomic mass is 10.1. The fraction of sp³-hybridized carbons (Fsp3) is 0.784. The van der Waals surface area contributed by atoms with Crippen LogP contribution in [-0.2, 0) is 61.6 Å². The van der Waals surface area contributed by atoms with Crippen molar-refractivity contribution < 1.29 is 66.4 Å². The van der Waals surface area contributed by atoms with Crippen molar-refractivity contribution in [2.24, 2.45) is 0 Å². The molecule has 0 aliphatic heterocycles. The van der Waals surface area contributed by atoms with Gasteiger partial charge >= 0.3 is 5.97 Å². The maximum absolute atomic E-state index is 11.9. The van der Waals surface area contributed by atoms with Gasteiger partial charge in [0.15, 0.2) is 0 Å². The predicted octanol–water partition coefficient (Wildman–Crippen LogP) is 3.57. The highest BCUT2D eigenvalue weighted by Crippen LogP contribution is 2.03. The molecule has 0 radical (unpaired) electrons. The van der Waals surface area contributed by atoms with Crippen molar-refractivity contribution in [2.75, 3.05) is 152 Å². The van der Waals surface area contributed by atoms with Gasteiger partial charge in [0.05, 0.1) is 139 Å². The topological polar surface area (TPSA) is 145 Å². The summed E-state index contributed by atoms with van der Waals surface area (Å²) in [7, 11) is 0. The predicted molar refractivity (Wildman–Crippen MR) is 189 cm³/mol. The van der Waals surface area contributed by atoms with E-state index in [4.69, 9.17) is 56.8 Å². The van der Waals surface area contributed by atoms with Crippen molar-refractivity contribution in [3.05, 3.63) is 35.9 Å². The van der Waals surface area contributed by atoms with Gasteiger partial charge in [-0.3, -0.25) is 4.79 Å². The smallest absolute Gasteiger partial charge is 0.379 e. The lowest BCUT2D eigenvalue weighted by molar-refractivity contribution is -0.139. The van der Waals surface area contributed by atoms with E-state index in [1.807, 2.05) is 0 Å². The molecule has 0 aliphatic carbocycles. The summed E-state index contributed by atoms with van der Waals surface area (Å²) < 4.78 is 65.1. The Balaban J connectivity index is 1.64. The number of carbonyl (C=O) groups is 2. The van der Waals surface area contributed by atoms with E-state index >= 15 is 0 Å². The zero-order valence-corrected chi connectivity index (χ0v) is 30.9. The van der Waals surface area contributed by atoms with Gasteiger partial charge in [-0.2, -0.15) is 0 Å². The van der Waals surface area contributed by atoms with Crippen molar-refractivity contribution in [3.63, 3.8) is 0 Å². The van der Waals surface area contributed by atoms with E-state index in [-0.39, 0.29) is 13.2 Å². The third kappa shape index (κ3) is 33.5. The molecule has 0 bridgehead atoms. The molecule has 296 valence electrons. The standard InChI is InChI=1S/C37H64O14/c1-2-3-4-5-9-12-40-13-14-41-15-16-42-17-18-43-19-20-44-21-22-45-23-24-46-25-26-47-27-28-48-29-30-49-31-32-50-33-34-51-37(39)36(38)35-10-7-6-8-11-35/h6-8,10-11H,2-5,9,12-34H2,1H3. The summed E-state index contributed by atoms with van der Waals surface area (Å²) >= 11 is 0. The van der Waals surface area contributed by atoms with Crippen LogP contribution in [0.5, 0.6) is 0 Å². The number of hydrogen-bond donors (Lipinski definition) is 0. The summed E-state index contributed by atoms with van der Waals surface area (Å²) in [5.41, 5.74) is 0.296. The van der Waals surface area contributed by atoms with E-state index in [1.165, 1.54) is 25.7 Å². The van der Waals surface area contributed by atoms with Gasteiger partial charge < -0.3 is 56.8 Å². The van der Waals surface area contributed by atoms with Crippen molar-refractivity contribution in [1.82, 2.24) is 0 Å². The molecule has 0 heterocycles. The van der Waals surface area contributed by atoms with Gasteiger partial charge in [-0.1, -0.05) is 62.9 Å². The molecule has 0 spiro atoms. The number of ether oxygens (including phenoxy) is 12. The monoisotopic (exact) mass is 732 g/mol. The summed E-state index contributed by atoms with van der Waals surface area (Å²) in [6, 6.07) is 8.26. The molecule has 0 N–H and O–H groups in total. The minimum absolute atomic E-state index is 0.00189. The Morgan fingerprint density at radius 3 is 1.00 bits per heavy atom. The summed E-state index contributed by atoms with van der Waals surface area (Å²) in [6.45, 7) is 13.1. The summed E-state index contributed by atoms with van der Waals surface area (Å²) in [5.74, 6) is -1.57. The van der Waals surface area contributed by atoms with Crippen molar-refractivity contribution in [3.8, 4) is 0 Å². The third-order valence-corrected chi connectivity index (χ3v) is 6.79. The molecule has 0 fully saturated rings. The fourth-order valence-electron chi connectivity index (χ4n) is 4.08. The molecule has 0 saturated carbocycles. The number of hydrogen-bond acceptors (Lipinski definition) is 14. The Morgan fingerprint density at radius 1 is 0.373 bits per heavy atom. The number of esters is 1. The van der Waals surface area contributed by atoms with Gasteiger partial charge in [-0.15, -0.1) is 0 Å². The number of ketones is 1. The molecule has 0 unspecified atom stereocenters. The van der Waals surface area contributed by atoms with Crippen LogP contribution in [0.4, 0.5) is 0 Å². The van der Waals surface area contributed by atoms with Crippen molar-refractivity contribution in [1.29, 1.82) is 0 Å². The van der Waals surface area contributed by atoms with Crippen LogP contribution in [0, 0.1) is 0 Å². The second-order valence-electron chi connectivity index (χ2n) is 11.0. The third-order valence-electron chi connectivity index (χ3n) is 6.79. The van der Waals surface area contributed by atoms with Crippen LogP contribution in [0.3, 0.4) is 0 Å². The number of Topliss-reactive ketones (excluding diaryl/α,β-unsaturated/α-hetero) is 1. The normalized spacial score (nSPS) is 11.3. The fourth-order valence-corrected chi connectivity index (χ4v) is 4.08. The zero-order chi connectivity index (χ0) is 36.6. The molecule has 1 aromatic carbocycles. The largest absolute Gasteiger partial charge is 0.457 e. The highest BCUT2D eigenvalue weighted by atomic mass is 16.6. The average molecular weight is 733 g/mol. The summed E-state index contributed by atoms with van der Waals surface area (Å²) in [4.78, 5) is 23.6. The molecule has 51 heavy (non-hydrogen) atoms. The minimum Gasteiger partial charge on any atom is -0.457 e. The van der Waals surface area contributed by atoms with Crippen LogP contribution < -0.4 is 0 Å². The average Bonchev–Trinajstić information content (AvgIpc) is 3.15. The second-order valence-corrected chi connectivity index (χ2v) is 11.0. The Labute approximate surface area is 304 Å². The van der Waals surface area contributed by atoms with Gasteiger partial charge in [0.1, 0.15) is 6.61 Å². The Kier molecular flexibility index (Phi) is 36.0. The maximum Gasteiger partial charge on any atom is 0.379 e. The van der Waals surface area contributed by atoms with Crippen LogP contribution in [0.25, 0.3) is 0 Å². The van der Waals surface area contributed by atoms with E-state index in [0.717, 1.165) is 13.0 Å². The molecule has 0 saturated heterocycles. The first kappa shape index (κ1) is 46.9. The first-order valence-corrected chi connectivity index (χ1v) is 18.4. The molecule has 0 aliphatic rings. The number of unbranched alkanes of at least 4 members (excludes halogenated alkanes) is 4. The Hall–Kier alpha value is -2.08. The molecule has 0 amide bonds. The first-order chi connectivity index (χ1) is 25.3. The number of benzene rings is 1. The molecule has 1 aromatic rings. The minimum atomic E-state index is -0.896. The van der Waals surface area contributed by atoms with Crippen LogP contribution in [0.15, 0.2) is 30.3 Å². The van der Waals surface area contributed by atoms with Gasteiger partial charge in [0, 0.05) is 12.2 Å². The van der Waals surface area contributed by atoms with E-state index in [1.54, 1.807) is 30.3 Å². The summed E-state index contributed by atoms with van der Waals surface area (Å²) in [6.07, 6.45) is 6.25. The molecule has 0 aromatic heterocycles. The van der Waals surface area contributed by atoms with Crippen LogP contribution in [0.2, 0.25) is 0 Å². The molecule has 14 heteroatoms. The van der Waals surface area contributed by atoms with Crippen molar-refractivity contribution in [2.45, 2.75) is 39.0 Å². The lowest BCUT2D eigenvalue weighted by Gasteiger charge is -2.09. The number of rotatable bonds is 41. The van der Waals surface area contributed by atoms with Gasteiger partial charge in [0.25, 0.3) is 5.78 Å². The Bertz CT molecular complexity index is 876. The van der Waals surface area contributed by atoms with Gasteiger partial charge in [-0.05, 0) is 6.42 Å². The van der Waals surface area contributed by atoms with Gasteiger partial charge in [-0.25, -0.2) is 4.79 Å². The highest BCUT2D eigenvalue weighted by molar-refractivity contribution is 6.40. The van der Waals surface area contributed by atoms with Gasteiger partial charge in [0.2, 0.25) is 0 Å². The number of carbonyl (C=O) groups excluding carboxylic acids is 2. The zero-order valence-electron chi connectivity index (χ0n) is 30.9. The van der Waals surface area contributed by atoms with E-state index in [9.17, 15) is 9.59 Å². The highest BCUT2D eigenvalue weighted by Gasteiger charge is 2.17. The molecular formula is C37H64O14. The summed E-state index contributed by atoms with van der Waals surface area (Å²) in [5, 5.41) is 0. The van der Waals surface area contributed by atoms with E-state index in [2.05, 4.69) is 6.92 Å². The van der Waals surface area contributed by atoms with Crippen molar-refractivity contribution >= 4 is 11.8 Å². The van der Waals surface area contributed by atoms with Crippen LogP contribution in [-0.4, -0.2) is 164 Å². The molecular weight excluding hydrogens is 668 g/mol. The molecule has 0 atom stereocenters. The lowest BCUT2D eigenvalue weighted by Crippen LogP contribution is -2.20. The van der Waals surface area contributed by atoms with Crippen LogP contribution in [0.1, 0.15) is 49.4 Å². The first-order valence-electron chi connectivity index (χ1n) is 18.4.